The van der Waals surface area contributed by atoms with Gasteiger partial charge in [0, 0.05) is 12.1 Å². The third kappa shape index (κ3) is 6.72. The van der Waals surface area contributed by atoms with Crippen LogP contribution >= 0.6 is 35.0 Å². The molecule has 0 radical (unpaired) electrons. The van der Waals surface area contributed by atoms with Gasteiger partial charge in [0.05, 0.1) is 22.2 Å². The van der Waals surface area contributed by atoms with Gasteiger partial charge in [0.15, 0.2) is 5.82 Å². The van der Waals surface area contributed by atoms with Gasteiger partial charge in [-0.25, -0.2) is 4.39 Å². The topological polar surface area (TPSA) is 85.2 Å². The van der Waals surface area contributed by atoms with E-state index in [1.165, 1.54) is 35.9 Å². The number of carbonyl (C=O) groups is 1. The number of rotatable bonds is 11. The van der Waals surface area contributed by atoms with Gasteiger partial charge >= 0.3 is 0 Å². The fraction of sp³-hybridized carbons (Fsp3) is 0.333. The number of benzene rings is 3. The molecule has 2 aliphatic rings. The Morgan fingerprint density at radius 1 is 1.07 bits per heavy atom. The minimum absolute atomic E-state index is 0.0168. The lowest BCUT2D eigenvalue weighted by Crippen LogP contribution is -2.25. The molecule has 0 unspecified atom stereocenters. The highest BCUT2D eigenvalue weighted by Gasteiger charge is 2.25. The number of hydrogen-bond acceptors (Lipinski definition) is 7. The maximum atomic E-state index is 15.3. The molecule has 8 nitrogen and oxygen atoms in total. The van der Waals surface area contributed by atoms with Crippen molar-refractivity contribution in [3.63, 3.8) is 0 Å². The number of tetrazole rings is 1. The molecule has 1 aromatic heterocycles. The second kappa shape index (κ2) is 13.0. The van der Waals surface area contributed by atoms with E-state index in [1.54, 1.807) is 24.3 Å². The van der Waals surface area contributed by atoms with Crippen LogP contribution in [-0.4, -0.2) is 63.0 Å². The quantitative estimate of drug-likeness (QED) is 0.182. The maximum Gasteiger partial charge on any atom is 0.234 e. The molecular weight excluding hydrogens is 598 g/mol. The molecule has 1 aliphatic heterocycles. The van der Waals surface area contributed by atoms with Crippen LogP contribution in [0.15, 0.2) is 59.8 Å². The van der Waals surface area contributed by atoms with Crippen LogP contribution in [0, 0.1) is 5.82 Å². The zero-order valence-electron chi connectivity index (χ0n) is 22.7. The number of amides is 1. The number of nitrogens with one attached hydrogen (secondary N) is 1. The summed E-state index contributed by atoms with van der Waals surface area (Å²) in [5.41, 5.74) is 3.01. The smallest absolute Gasteiger partial charge is 0.234 e. The third-order valence-corrected chi connectivity index (χ3v) is 9.01. The number of nitrogens with zero attached hydrogens (tertiary/aromatic N) is 5. The predicted octanol–water partition coefficient (Wildman–Crippen LogP) is 6.86. The van der Waals surface area contributed by atoms with E-state index >= 15 is 4.39 Å². The Labute approximate surface area is 257 Å². The summed E-state index contributed by atoms with van der Waals surface area (Å²) >= 11 is 14.0. The number of halogens is 3. The van der Waals surface area contributed by atoms with Gasteiger partial charge < -0.3 is 10.1 Å². The van der Waals surface area contributed by atoms with Gasteiger partial charge in [-0.15, -0.1) is 5.10 Å². The van der Waals surface area contributed by atoms with E-state index in [2.05, 4.69) is 25.7 Å². The second-order valence-corrected chi connectivity index (χ2v) is 12.1. The number of likely N-dealkylation sites (tertiary alicyclic amines) is 1. The Balaban J connectivity index is 1.05. The van der Waals surface area contributed by atoms with Crippen LogP contribution in [0.1, 0.15) is 37.2 Å². The Bertz CT molecular complexity index is 1570. The van der Waals surface area contributed by atoms with Crippen LogP contribution in [0.4, 0.5) is 10.1 Å². The van der Waals surface area contributed by atoms with Crippen molar-refractivity contribution in [2.75, 3.05) is 37.3 Å². The van der Waals surface area contributed by atoms with Gasteiger partial charge in [-0.3, -0.25) is 9.69 Å². The van der Waals surface area contributed by atoms with Crippen molar-refractivity contribution in [2.45, 2.75) is 36.8 Å². The largest absolute Gasteiger partial charge is 0.492 e. The number of carbonyl (C=O) groups excluding carboxylic acids is 1. The molecule has 0 bridgehead atoms. The van der Waals surface area contributed by atoms with E-state index < -0.39 is 5.82 Å². The Kier molecular flexibility index (Phi) is 8.95. The lowest BCUT2D eigenvalue weighted by atomic mass is 10.0. The highest BCUT2D eigenvalue weighted by molar-refractivity contribution is 7.99. The average Bonchev–Trinajstić information content (AvgIpc) is 3.51. The van der Waals surface area contributed by atoms with Gasteiger partial charge in [0.25, 0.3) is 0 Å². The van der Waals surface area contributed by atoms with Gasteiger partial charge in [-0.05, 0) is 103 Å². The number of ether oxygens (including phenoxy) is 1. The highest BCUT2D eigenvalue weighted by atomic mass is 35.5. The molecule has 3 aromatic carbocycles. The van der Waals surface area contributed by atoms with Crippen LogP contribution in [0.5, 0.6) is 5.75 Å². The minimum Gasteiger partial charge on any atom is -0.492 e. The van der Waals surface area contributed by atoms with Crippen LogP contribution in [0.25, 0.3) is 16.8 Å². The molecule has 1 saturated carbocycles. The van der Waals surface area contributed by atoms with Crippen molar-refractivity contribution in [1.82, 2.24) is 25.1 Å². The average molecular weight is 628 g/mol. The number of aromatic nitrogens is 4. The Morgan fingerprint density at radius 3 is 2.60 bits per heavy atom. The fourth-order valence-electron chi connectivity index (χ4n) is 5.00. The van der Waals surface area contributed by atoms with E-state index in [-0.39, 0.29) is 22.4 Å². The molecule has 1 N–H and O–H groups in total. The minimum atomic E-state index is -0.613. The molecule has 0 atom stereocenters. The van der Waals surface area contributed by atoms with Gasteiger partial charge in [-0.1, -0.05) is 53.2 Å². The SMILES string of the molecule is O=C(CSc1nnnn1-c1ccc(C2CC2)cc1Cl)Nc1ccc(-c2ccc(OCCN3CCCC3)cc2)c(F)c1Cl. The first kappa shape index (κ1) is 28.9. The lowest BCUT2D eigenvalue weighted by molar-refractivity contribution is -0.113. The third-order valence-electron chi connectivity index (χ3n) is 7.42. The van der Waals surface area contributed by atoms with Crippen molar-refractivity contribution >= 4 is 46.6 Å². The molecule has 2 fully saturated rings. The number of hydrogen-bond donors (Lipinski definition) is 1. The normalized spacial score (nSPS) is 15.2. The van der Waals surface area contributed by atoms with E-state index in [9.17, 15) is 4.79 Å². The summed E-state index contributed by atoms with van der Waals surface area (Å²) in [5, 5.41) is 15.3. The molecule has 218 valence electrons. The monoisotopic (exact) mass is 626 g/mol. The van der Waals surface area contributed by atoms with Crippen LogP contribution in [0.2, 0.25) is 10.0 Å². The lowest BCUT2D eigenvalue weighted by Gasteiger charge is -2.15. The molecule has 1 saturated heterocycles. The highest BCUT2D eigenvalue weighted by Crippen LogP contribution is 2.41. The molecule has 4 aromatic rings. The summed E-state index contributed by atoms with van der Waals surface area (Å²) in [7, 11) is 0. The Morgan fingerprint density at radius 2 is 1.86 bits per heavy atom. The number of anilines is 1. The molecular formula is C30H29Cl2FN6O2S. The van der Waals surface area contributed by atoms with Crippen molar-refractivity contribution in [3.05, 3.63) is 76.0 Å². The van der Waals surface area contributed by atoms with E-state index in [0.29, 0.717) is 39.5 Å². The summed E-state index contributed by atoms with van der Waals surface area (Å²) in [6.07, 6.45) is 4.85. The summed E-state index contributed by atoms with van der Waals surface area (Å²) < 4.78 is 22.6. The van der Waals surface area contributed by atoms with Gasteiger partial charge in [0.1, 0.15) is 17.4 Å². The van der Waals surface area contributed by atoms with E-state index in [1.807, 2.05) is 30.3 Å². The van der Waals surface area contributed by atoms with Crippen molar-refractivity contribution < 1.29 is 13.9 Å². The molecule has 1 aliphatic carbocycles. The van der Waals surface area contributed by atoms with Crippen LogP contribution in [0.3, 0.4) is 0 Å². The summed E-state index contributed by atoms with van der Waals surface area (Å²) in [5.74, 6) is 0.293. The first-order chi connectivity index (χ1) is 20.5. The zero-order valence-corrected chi connectivity index (χ0v) is 25.1. The van der Waals surface area contributed by atoms with Crippen molar-refractivity contribution in [2.24, 2.45) is 0 Å². The number of thioether (sulfide) groups is 1. The van der Waals surface area contributed by atoms with Crippen LogP contribution in [-0.2, 0) is 4.79 Å². The standard InChI is InChI=1S/C30H29Cl2FN6O2S/c31-24-17-21(19-3-4-19)7-12-26(24)39-30(35-36-37-39)42-18-27(40)34-25-11-10-23(29(33)28(25)32)20-5-8-22(9-6-20)41-16-15-38-13-1-2-14-38/h5-12,17,19H,1-4,13-16,18H2,(H,34,40). The molecule has 0 spiro atoms. The van der Waals surface area contributed by atoms with Crippen LogP contribution < -0.4 is 10.1 Å². The molecule has 2 heterocycles. The first-order valence-electron chi connectivity index (χ1n) is 13.9. The second-order valence-electron chi connectivity index (χ2n) is 10.4. The summed E-state index contributed by atoms with van der Waals surface area (Å²) in [4.78, 5) is 15.1. The van der Waals surface area contributed by atoms with E-state index in [4.69, 9.17) is 27.9 Å². The summed E-state index contributed by atoms with van der Waals surface area (Å²) in [6, 6.07) is 16.3. The molecule has 6 rings (SSSR count). The molecule has 12 heteroatoms. The predicted molar refractivity (Wildman–Crippen MR) is 164 cm³/mol. The van der Waals surface area contributed by atoms with E-state index in [0.717, 1.165) is 37.1 Å². The molecule has 1 amide bonds. The maximum absolute atomic E-state index is 15.3. The first-order valence-corrected chi connectivity index (χ1v) is 15.6. The summed E-state index contributed by atoms with van der Waals surface area (Å²) in [6.45, 7) is 3.77. The fourth-order valence-corrected chi connectivity index (χ4v) is 6.17. The van der Waals surface area contributed by atoms with Crippen molar-refractivity contribution in [3.8, 4) is 22.6 Å². The van der Waals surface area contributed by atoms with Gasteiger partial charge in [-0.2, -0.15) is 4.68 Å². The van der Waals surface area contributed by atoms with Gasteiger partial charge in [0.2, 0.25) is 11.1 Å². The Hall–Kier alpha value is -3.18. The zero-order chi connectivity index (χ0) is 29.1. The van der Waals surface area contributed by atoms with Crippen molar-refractivity contribution in [1.29, 1.82) is 0 Å². The molecule has 42 heavy (non-hydrogen) atoms.